The molecular formula is C7H9N3O. The second kappa shape index (κ2) is 3.55. The number of nitrogens with zero attached hydrogens (tertiary/aromatic N) is 2. The molecule has 0 aliphatic heterocycles. The van der Waals surface area contributed by atoms with E-state index in [-0.39, 0.29) is 0 Å². The van der Waals surface area contributed by atoms with Crippen molar-refractivity contribution in [3.05, 3.63) is 24.0 Å². The van der Waals surface area contributed by atoms with Gasteiger partial charge in [0.05, 0.1) is 18.1 Å². The average Bonchev–Trinajstić information content (AvgIpc) is 2.03. The van der Waals surface area contributed by atoms with Crippen LogP contribution in [0, 0.1) is 0 Å². The largest absolute Gasteiger partial charge is 0.399 e. The fraction of sp³-hybridized carbons (Fsp3) is 0.143. The molecule has 0 aliphatic carbocycles. The number of hydrogen-bond donors (Lipinski definition) is 1. The molecule has 1 heterocycles. The fourth-order valence-corrected chi connectivity index (χ4v) is 0.644. The zero-order chi connectivity index (χ0) is 8.10. The Bertz CT molecular complexity index is 260. The van der Waals surface area contributed by atoms with Crippen LogP contribution in [0.5, 0.6) is 0 Å². The highest BCUT2D eigenvalue weighted by molar-refractivity contribution is 5.85. The van der Waals surface area contributed by atoms with Gasteiger partial charge in [0.2, 0.25) is 0 Å². The van der Waals surface area contributed by atoms with Crippen LogP contribution < -0.4 is 5.73 Å². The molecule has 0 amide bonds. The minimum atomic E-state index is 0.591. The minimum Gasteiger partial charge on any atom is -0.399 e. The van der Waals surface area contributed by atoms with Crippen molar-refractivity contribution >= 4 is 11.9 Å². The van der Waals surface area contributed by atoms with E-state index in [0.29, 0.717) is 5.69 Å². The summed E-state index contributed by atoms with van der Waals surface area (Å²) in [7, 11) is 1.48. The van der Waals surface area contributed by atoms with Crippen molar-refractivity contribution in [3.63, 3.8) is 0 Å². The van der Waals surface area contributed by atoms with Gasteiger partial charge in [-0.05, 0) is 6.07 Å². The summed E-state index contributed by atoms with van der Waals surface area (Å²) >= 11 is 0. The SMILES string of the molecule is CON=Cc1ccncc1N. The van der Waals surface area contributed by atoms with Gasteiger partial charge < -0.3 is 10.6 Å². The van der Waals surface area contributed by atoms with E-state index in [0.717, 1.165) is 5.56 Å². The lowest BCUT2D eigenvalue weighted by Gasteiger charge is -1.95. The molecule has 1 aromatic rings. The van der Waals surface area contributed by atoms with Crippen LogP contribution in [0.15, 0.2) is 23.6 Å². The van der Waals surface area contributed by atoms with E-state index in [2.05, 4.69) is 15.0 Å². The molecule has 0 spiro atoms. The summed E-state index contributed by atoms with van der Waals surface area (Å²) in [5, 5.41) is 3.57. The van der Waals surface area contributed by atoms with Crippen LogP contribution in [-0.4, -0.2) is 18.3 Å². The Hall–Kier alpha value is -1.58. The van der Waals surface area contributed by atoms with Gasteiger partial charge in [-0.1, -0.05) is 5.16 Å². The van der Waals surface area contributed by atoms with Gasteiger partial charge in [0, 0.05) is 11.8 Å². The maximum atomic E-state index is 5.55. The molecule has 0 saturated heterocycles. The molecule has 0 unspecified atom stereocenters. The van der Waals surface area contributed by atoms with Crippen LogP contribution in [-0.2, 0) is 4.84 Å². The molecular weight excluding hydrogens is 142 g/mol. The number of hydrogen-bond acceptors (Lipinski definition) is 4. The third-order valence-corrected chi connectivity index (χ3v) is 1.18. The van der Waals surface area contributed by atoms with Gasteiger partial charge in [0.25, 0.3) is 0 Å². The molecule has 0 aliphatic rings. The number of nitrogen functional groups attached to an aromatic ring is 1. The smallest absolute Gasteiger partial charge is 0.106 e. The standard InChI is InChI=1S/C7H9N3O/c1-11-10-4-6-2-3-9-5-7(6)8/h2-5H,8H2,1H3. The third-order valence-electron chi connectivity index (χ3n) is 1.18. The molecule has 0 atom stereocenters. The predicted molar refractivity (Wildman–Crippen MR) is 43.3 cm³/mol. The van der Waals surface area contributed by atoms with Crippen LogP contribution in [0.2, 0.25) is 0 Å². The van der Waals surface area contributed by atoms with Crippen LogP contribution >= 0.6 is 0 Å². The Kier molecular flexibility index (Phi) is 2.43. The van der Waals surface area contributed by atoms with Gasteiger partial charge in [0.15, 0.2) is 0 Å². The maximum Gasteiger partial charge on any atom is 0.106 e. The number of pyridine rings is 1. The van der Waals surface area contributed by atoms with Gasteiger partial charge >= 0.3 is 0 Å². The van der Waals surface area contributed by atoms with Gasteiger partial charge in [-0.3, -0.25) is 4.98 Å². The summed E-state index contributed by atoms with van der Waals surface area (Å²) in [5.41, 5.74) is 6.95. The normalized spacial score (nSPS) is 10.3. The maximum absolute atomic E-state index is 5.55. The highest BCUT2D eigenvalue weighted by Crippen LogP contribution is 2.04. The van der Waals surface area contributed by atoms with Crippen molar-refractivity contribution in [2.24, 2.45) is 5.16 Å². The van der Waals surface area contributed by atoms with Gasteiger partial charge in [-0.25, -0.2) is 0 Å². The van der Waals surface area contributed by atoms with Crippen LogP contribution in [0.1, 0.15) is 5.56 Å². The van der Waals surface area contributed by atoms with Crippen molar-refractivity contribution in [1.29, 1.82) is 0 Å². The van der Waals surface area contributed by atoms with E-state index in [4.69, 9.17) is 5.73 Å². The molecule has 4 heteroatoms. The van der Waals surface area contributed by atoms with Crippen molar-refractivity contribution in [3.8, 4) is 0 Å². The molecule has 2 N–H and O–H groups in total. The molecule has 0 bridgehead atoms. The van der Waals surface area contributed by atoms with Gasteiger partial charge in [0.1, 0.15) is 7.11 Å². The fourth-order valence-electron chi connectivity index (χ4n) is 0.644. The molecule has 1 aromatic heterocycles. The second-order valence-electron chi connectivity index (χ2n) is 1.92. The van der Waals surface area contributed by atoms with Crippen LogP contribution in [0.25, 0.3) is 0 Å². The first-order chi connectivity index (χ1) is 5.34. The van der Waals surface area contributed by atoms with Gasteiger partial charge in [-0.2, -0.15) is 0 Å². The number of oxime groups is 1. The highest BCUT2D eigenvalue weighted by Gasteiger charge is 1.92. The molecule has 1 rings (SSSR count). The van der Waals surface area contributed by atoms with Crippen LogP contribution in [0.4, 0.5) is 5.69 Å². The first-order valence-electron chi connectivity index (χ1n) is 3.10. The first kappa shape index (κ1) is 7.53. The Balaban J connectivity index is 2.86. The van der Waals surface area contributed by atoms with E-state index in [1.165, 1.54) is 13.3 Å². The number of nitrogens with two attached hydrogens (primary N) is 1. The molecule has 0 saturated carbocycles. The van der Waals surface area contributed by atoms with E-state index >= 15 is 0 Å². The summed E-state index contributed by atoms with van der Waals surface area (Å²) in [6.45, 7) is 0. The summed E-state index contributed by atoms with van der Waals surface area (Å²) < 4.78 is 0. The van der Waals surface area contributed by atoms with E-state index in [9.17, 15) is 0 Å². The summed E-state index contributed by atoms with van der Waals surface area (Å²) in [6, 6.07) is 1.76. The van der Waals surface area contributed by atoms with E-state index < -0.39 is 0 Å². The van der Waals surface area contributed by atoms with Crippen LogP contribution in [0.3, 0.4) is 0 Å². The molecule has 4 nitrogen and oxygen atoms in total. The summed E-state index contributed by atoms with van der Waals surface area (Å²) in [4.78, 5) is 8.32. The quantitative estimate of drug-likeness (QED) is 0.498. The lowest BCUT2D eigenvalue weighted by atomic mass is 10.2. The number of aromatic nitrogens is 1. The summed E-state index contributed by atoms with van der Waals surface area (Å²) in [6.07, 6.45) is 4.75. The van der Waals surface area contributed by atoms with Crippen molar-refractivity contribution in [1.82, 2.24) is 4.98 Å². The molecule has 11 heavy (non-hydrogen) atoms. The first-order valence-corrected chi connectivity index (χ1v) is 3.10. The predicted octanol–water partition coefficient (Wildman–Crippen LogP) is 0.644. The molecule has 0 aromatic carbocycles. The minimum absolute atomic E-state index is 0.591. The zero-order valence-electron chi connectivity index (χ0n) is 6.19. The monoisotopic (exact) mass is 151 g/mol. The average molecular weight is 151 g/mol. The van der Waals surface area contributed by atoms with Crippen molar-refractivity contribution in [2.75, 3.05) is 12.8 Å². The van der Waals surface area contributed by atoms with Crippen molar-refractivity contribution in [2.45, 2.75) is 0 Å². The Morgan fingerprint density at radius 2 is 2.55 bits per heavy atom. The molecule has 0 fully saturated rings. The summed E-state index contributed by atoms with van der Waals surface area (Å²) in [5.74, 6) is 0. The lowest BCUT2D eigenvalue weighted by Crippen LogP contribution is -1.93. The molecule has 0 radical (unpaired) electrons. The Morgan fingerprint density at radius 3 is 3.18 bits per heavy atom. The van der Waals surface area contributed by atoms with Crippen molar-refractivity contribution < 1.29 is 4.84 Å². The Labute approximate surface area is 64.7 Å². The number of anilines is 1. The highest BCUT2D eigenvalue weighted by atomic mass is 16.6. The third kappa shape index (κ3) is 1.93. The topological polar surface area (TPSA) is 60.5 Å². The van der Waals surface area contributed by atoms with E-state index in [1.54, 1.807) is 18.5 Å². The van der Waals surface area contributed by atoms with E-state index in [1.807, 2.05) is 0 Å². The second-order valence-corrected chi connectivity index (χ2v) is 1.92. The lowest BCUT2D eigenvalue weighted by molar-refractivity contribution is 0.215. The van der Waals surface area contributed by atoms with Gasteiger partial charge in [-0.15, -0.1) is 0 Å². The number of rotatable bonds is 2. The molecule has 58 valence electrons. The zero-order valence-corrected chi connectivity index (χ0v) is 6.19. The Morgan fingerprint density at radius 1 is 1.73 bits per heavy atom.